The molecule has 4 N–H and O–H groups in total. The van der Waals surface area contributed by atoms with E-state index < -0.39 is 11.9 Å². The molecule has 138 valence electrons. The highest BCUT2D eigenvalue weighted by Crippen LogP contribution is 2.19. The van der Waals surface area contributed by atoms with Gasteiger partial charge in [-0.2, -0.15) is 0 Å². The number of hydrogen-bond acceptors (Lipinski definition) is 5. The van der Waals surface area contributed by atoms with Gasteiger partial charge in [-0.3, -0.25) is 4.79 Å². The molecular weight excluding hydrogens is 340 g/mol. The largest absolute Gasteiger partial charge is 0.394 e. The Bertz CT molecular complexity index is 911. The van der Waals surface area contributed by atoms with Gasteiger partial charge in [0.05, 0.1) is 24.5 Å². The van der Waals surface area contributed by atoms with Crippen LogP contribution in [0.15, 0.2) is 60.8 Å². The molecule has 0 aliphatic carbocycles. The molecule has 0 saturated carbocycles. The van der Waals surface area contributed by atoms with Crippen molar-refractivity contribution in [1.82, 2.24) is 15.3 Å². The van der Waals surface area contributed by atoms with E-state index in [1.54, 1.807) is 6.20 Å². The Morgan fingerprint density at radius 2 is 1.85 bits per heavy atom. The summed E-state index contributed by atoms with van der Waals surface area (Å²) in [5, 5.41) is 12.4. The van der Waals surface area contributed by atoms with E-state index in [4.69, 9.17) is 5.73 Å². The minimum absolute atomic E-state index is 0.0552. The van der Waals surface area contributed by atoms with Crippen LogP contribution >= 0.6 is 0 Å². The molecule has 1 atom stereocenters. The average molecular weight is 362 g/mol. The number of aromatic nitrogens is 2. The monoisotopic (exact) mass is 362 g/mol. The minimum Gasteiger partial charge on any atom is -0.394 e. The van der Waals surface area contributed by atoms with E-state index in [9.17, 15) is 9.90 Å². The number of anilines is 1. The maximum Gasteiger partial charge on any atom is 0.274 e. The fourth-order valence-corrected chi connectivity index (χ4v) is 2.74. The zero-order chi connectivity index (χ0) is 19.2. The molecular formula is C21H22N4O2. The van der Waals surface area contributed by atoms with Crippen LogP contribution in [-0.2, 0) is 6.42 Å². The molecule has 0 bridgehead atoms. The number of nitrogens with one attached hydrogen (secondary N) is 1. The van der Waals surface area contributed by atoms with Gasteiger partial charge in [0.1, 0.15) is 0 Å². The molecule has 6 heteroatoms. The van der Waals surface area contributed by atoms with Gasteiger partial charge in [-0.1, -0.05) is 60.2 Å². The first-order valence-corrected chi connectivity index (χ1v) is 8.72. The second-order valence-electron chi connectivity index (χ2n) is 6.40. The molecule has 1 aromatic heterocycles. The third-order valence-electron chi connectivity index (χ3n) is 4.24. The van der Waals surface area contributed by atoms with Crippen LogP contribution in [0.3, 0.4) is 0 Å². The highest BCUT2D eigenvalue weighted by atomic mass is 16.3. The zero-order valence-corrected chi connectivity index (χ0v) is 15.1. The Labute approximate surface area is 158 Å². The fourth-order valence-electron chi connectivity index (χ4n) is 2.74. The van der Waals surface area contributed by atoms with Gasteiger partial charge in [-0.25, -0.2) is 9.97 Å². The molecule has 0 aliphatic rings. The normalized spacial score (nSPS) is 11.8. The van der Waals surface area contributed by atoms with Crippen LogP contribution in [0.1, 0.15) is 21.6 Å². The van der Waals surface area contributed by atoms with E-state index in [-0.39, 0.29) is 18.1 Å². The van der Waals surface area contributed by atoms with Gasteiger partial charge in [0.2, 0.25) is 0 Å². The van der Waals surface area contributed by atoms with Crippen LogP contribution < -0.4 is 11.1 Å². The maximum atomic E-state index is 12.7. The molecule has 0 spiro atoms. The Hall–Kier alpha value is -3.25. The van der Waals surface area contributed by atoms with Crippen molar-refractivity contribution in [2.45, 2.75) is 19.4 Å². The third kappa shape index (κ3) is 4.68. The molecule has 6 nitrogen and oxygen atoms in total. The number of carbonyl (C=O) groups is 1. The third-order valence-corrected chi connectivity index (χ3v) is 4.24. The molecule has 0 radical (unpaired) electrons. The first kappa shape index (κ1) is 18.5. The Kier molecular flexibility index (Phi) is 5.78. The van der Waals surface area contributed by atoms with Crippen LogP contribution in [-0.4, -0.2) is 33.6 Å². The zero-order valence-electron chi connectivity index (χ0n) is 15.1. The van der Waals surface area contributed by atoms with Crippen LogP contribution in [0.4, 0.5) is 5.82 Å². The van der Waals surface area contributed by atoms with Crippen molar-refractivity contribution in [1.29, 1.82) is 0 Å². The van der Waals surface area contributed by atoms with E-state index in [2.05, 4.69) is 15.3 Å². The van der Waals surface area contributed by atoms with Crippen molar-refractivity contribution in [2.75, 3.05) is 12.3 Å². The van der Waals surface area contributed by atoms with Crippen LogP contribution in [0.25, 0.3) is 11.3 Å². The molecule has 0 saturated heterocycles. The Balaban J connectivity index is 1.79. The second kappa shape index (κ2) is 8.42. The van der Waals surface area contributed by atoms with E-state index >= 15 is 0 Å². The Morgan fingerprint density at radius 3 is 2.52 bits per heavy atom. The number of aliphatic hydroxyl groups is 1. The SMILES string of the molecule is Cc1ccc(-c2cnc(N)c(C(=O)N[C@@H](CO)Cc3ccccc3)n2)cc1. The van der Waals surface area contributed by atoms with Crippen molar-refractivity contribution in [2.24, 2.45) is 0 Å². The van der Waals surface area contributed by atoms with Crippen molar-refractivity contribution in [3.05, 3.63) is 77.6 Å². The number of aliphatic hydroxyl groups excluding tert-OH is 1. The maximum absolute atomic E-state index is 12.7. The van der Waals surface area contributed by atoms with Crippen LogP contribution in [0, 0.1) is 6.92 Å². The lowest BCUT2D eigenvalue weighted by Gasteiger charge is -2.17. The van der Waals surface area contributed by atoms with Crippen molar-refractivity contribution < 1.29 is 9.90 Å². The number of carbonyl (C=O) groups excluding carboxylic acids is 1. The van der Waals surface area contributed by atoms with Gasteiger partial charge in [0.15, 0.2) is 11.5 Å². The molecule has 0 fully saturated rings. The summed E-state index contributed by atoms with van der Waals surface area (Å²) in [5.74, 6) is -0.399. The van der Waals surface area contributed by atoms with E-state index in [1.807, 2.05) is 61.5 Å². The fraction of sp³-hybridized carbons (Fsp3) is 0.190. The van der Waals surface area contributed by atoms with Gasteiger partial charge >= 0.3 is 0 Å². The Morgan fingerprint density at radius 1 is 1.15 bits per heavy atom. The smallest absolute Gasteiger partial charge is 0.274 e. The molecule has 0 aliphatic heterocycles. The predicted octanol–water partition coefficient (Wildman–Crippen LogP) is 2.37. The average Bonchev–Trinajstić information content (AvgIpc) is 2.69. The summed E-state index contributed by atoms with van der Waals surface area (Å²) in [6.07, 6.45) is 2.05. The highest BCUT2D eigenvalue weighted by Gasteiger charge is 2.18. The van der Waals surface area contributed by atoms with E-state index in [1.165, 1.54) is 0 Å². The first-order valence-electron chi connectivity index (χ1n) is 8.72. The quantitative estimate of drug-likeness (QED) is 0.625. The number of amides is 1. The van der Waals surface area contributed by atoms with Crippen molar-refractivity contribution in [3.8, 4) is 11.3 Å². The van der Waals surface area contributed by atoms with Gasteiger partial charge in [0.25, 0.3) is 5.91 Å². The van der Waals surface area contributed by atoms with Gasteiger partial charge in [-0.05, 0) is 18.9 Å². The molecule has 2 aromatic carbocycles. The highest BCUT2D eigenvalue weighted by molar-refractivity contribution is 5.97. The number of hydrogen-bond donors (Lipinski definition) is 3. The van der Waals surface area contributed by atoms with Crippen molar-refractivity contribution in [3.63, 3.8) is 0 Å². The summed E-state index contributed by atoms with van der Waals surface area (Å²) in [7, 11) is 0. The molecule has 3 aromatic rings. The number of nitrogens with two attached hydrogens (primary N) is 1. The minimum atomic E-state index is -0.455. The number of benzene rings is 2. The first-order chi connectivity index (χ1) is 13.1. The topological polar surface area (TPSA) is 101 Å². The number of rotatable bonds is 6. The standard InChI is InChI=1S/C21H22N4O2/c1-14-7-9-16(10-8-14)18-12-23-20(22)19(25-18)21(27)24-17(13-26)11-15-5-3-2-4-6-15/h2-10,12,17,26H,11,13H2,1H3,(H2,22,23)(H,24,27)/t17-/m1/s1. The van der Waals surface area contributed by atoms with Crippen molar-refractivity contribution >= 4 is 11.7 Å². The summed E-state index contributed by atoms with van der Waals surface area (Å²) in [6, 6.07) is 17.0. The lowest BCUT2D eigenvalue weighted by atomic mass is 10.1. The molecule has 1 heterocycles. The molecule has 0 unspecified atom stereocenters. The van der Waals surface area contributed by atoms with Crippen LogP contribution in [0.5, 0.6) is 0 Å². The van der Waals surface area contributed by atoms with Crippen LogP contribution in [0.2, 0.25) is 0 Å². The van der Waals surface area contributed by atoms with E-state index in [0.717, 1.165) is 16.7 Å². The number of nitrogens with zero attached hydrogens (tertiary/aromatic N) is 2. The van der Waals surface area contributed by atoms with Gasteiger partial charge < -0.3 is 16.2 Å². The molecule has 1 amide bonds. The lowest BCUT2D eigenvalue weighted by molar-refractivity contribution is 0.0912. The molecule has 27 heavy (non-hydrogen) atoms. The van der Waals surface area contributed by atoms with Gasteiger partial charge in [-0.15, -0.1) is 0 Å². The van der Waals surface area contributed by atoms with E-state index in [0.29, 0.717) is 12.1 Å². The second-order valence-corrected chi connectivity index (χ2v) is 6.40. The summed E-state index contributed by atoms with van der Waals surface area (Å²) in [5.41, 5.74) is 9.49. The number of nitrogen functional groups attached to an aromatic ring is 1. The summed E-state index contributed by atoms with van der Waals surface area (Å²) < 4.78 is 0. The summed E-state index contributed by atoms with van der Waals surface area (Å²) >= 11 is 0. The predicted molar refractivity (Wildman–Crippen MR) is 105 cm³/mol. The molecule has 3 rings (SSSR count). The summed E-state index contributed by atoms with van der Waals surface area (Å²) in [6.45, 7) is 1.81. The summed E-state index contributed by atoms with van der Waals surface area (Å²) in [4.78, 5) is 21.2. The lowest BCUT2D eigenvalue weighted by Crippen LogP contribution is -2.39. The van der Waals surface area contributed by atoms with Gasteiger partial charge in [0, 0.05) is 5.56 Å². The number of aryl methyl sites for hydroxylation is 1.